The summed E-state index contributed by atoms with van der Waals surface area (Å²) in [4.78, 5) is 26.1. The van der Waals surface area contributed by atoms with Gasteiger partial charge in [-0.2, -0.15) is 13.2 Å². The van der Waals surface area contributed by atoms with E-state index in [1.54, 1.807) is 9.80 Å². The van der Waals surface area contributed by atoms with Crippen LogP contribution in [0.1, 0.15) is 26.7 Å². The molecular formula is C12H20F3N3O2. The SMILES string of the molecule is CCN(CC)C(=O)N1CCC(NC(=O)C(F)(F)F)CC1. The Morgan fingerprint density at radius 2 is 1.70 bits per heavy atom. The number of rotatable bonds is 3. The molecule has 3 amide bonds. The van der Waals surface area contributed by atoms with Crippen LogP contribution >= 0.6 is 0 Å². The van der Waals surface area contributed by atoms with Crippen molar-refractivity contribution in [1.29, 1.82) is 0 Å². The van der Waals surface area contributed by atoms with Crippen LogP contribution in [-0.2, 0) is 4.79 Å². The quantitative estimate of drug-likeness (QED) is 0.859. The van der Waals surface area contributed by atoms with Gasteiger partial charge in [-0.15, -0.1) is 0 Å². The van der Waals surface area contributed by atoms with Crippen LogP contribution < -0.4 is 5.32 Å². The van der Waals surface area contributed by atoms with E-state index >= 15 is 0 Å². The van der Waals surface area contributed by atoms with Gasteiger partial charge in [0.15, 0.2) is 0 Å². The number of nitrogens with one attached hydrogen (secondary N) is 1. The second kappa shape index (κ2) is 6.81. The number of piperidine rings is 1. The highest BCUT2D eigenvalue weighted by molar-refractivity contribution is 5.82. The molecule has 1 rings (SSSR count). The van der Waals surface area contributed by atoms with E-state index in [-0.39, 0.29) is 6.03 Å². The molecule has 0 saturated carbocycles. The molecule has 1 saturated heterocycles. The van der Waals surface area contributed by atoms with Crippen molar-refractivity contribution in [2.45, 2.75) is 38.9 Å². The van der Waals surface area contributed by atoms with E-state index in [9.17, 15) is 22.8 Å². The van der Waals surface area contributed by atoms with Gasteiger partial charge in [-0.1, -0.05) is 0 Å². The van der Waals surface area contributed by atoms with E-state index < -0.39 is 18.1 Å². The predicted molar refractivity (Wildman–Crippen MR) is 67.1 cm³/mol. The third-order valence-corrected chi connectivity index (χ3v) is 3.39. The van der Waals surface area contributed by atoms with Crippen LogP contribution in [0.3, 0.4) is 0 Å². The molecule has 0 aromatic heterocycles. The van der Waals surface area contributed by atoms with Crippen molar-refractivity contribution in [3.8, 4) is 0 Å². The summed E-state index contributed by atoms with van der Waals surface area (Å²) in [6, 6.07) is -0.625. The Labute approximate surface area is 116 Å². The maximum Gasteiger partial charge on any atom is 0.471 e. The summed E-state index contributed by atoms with van der Waals surface area (Å²) < 4.78 is 36.4. The van der Waals surface area contributed by atoms with Gasteiger partial charge in [0, 0.05) is 32.2 Å². The molecule has 0 radical (unpaired) electrons. The summed E-state index contributed by atoms with van der Waals surface area (Å²) in [5.41, 5.74) is 0. The summed E-state index contributed by atoms with van der Waals surface area (Å²) >= 11 is 0. The molecule has 1 N–H and O–H groups in total. The molecule has 0 spiro atoms. The standard InChI is InChI=1S/C12H20F3N3O2/c1-3-17(4-2)11(20)18-7-5-9(6-8-18)16-10(19)12(13,14)15/h9H,3-8H2,1-2H3,(H,16,19). The molecule has 0 atom stereocenters. The van der Waals surface area contributed by atoms with Gasteiger partial charge >= 0.3 is 18.1 Å². The molecule has 116 valence electrons. The molecule has 1 aliphatic heterocycles. The monoisotopic (exact) mass is 295 g/mol. The number of urea groups is 1. The van der Waals surface area contributed by atoms with E-state index in [1.165, 1.54) is 0 Å². The summed E-state index contributed by atoms with van der Waals surface area (Å²) in [6.07, 6.45) is -4.17. The van der Waals surface area contributed by atoms with E-state index in [0.717, 1.165) is 0 Å². The number of carbonyl (C=O) groups is 2. The lowest BCUT2D eigenvalue weighted by Crippen LogP contribution is -2.52. The number of amides is 3. The molecule has 0 unspecified atom stereocenters. The Kier molecular flexibility index (Phi) is 5.64. The van der Waals surface area contributed by atoms with Crippen molar-refractivity contribution >= 4 is 11.9 Å². The molecule has 8 heteroatoms. The summed E-state index contributed by atoms with van der Waals surface area (Å²) in [7, 11) is 0. The first-order valence-electron chi connectivity index (χ1n) is 6.71. The highest BCUT2D eigenvalue weighted by Crippen LogP contribution is 2.17. The minimum Gasteiger partial charge on any atom is -0.345 e. The van der Waals surface area contributed by atoms with Gasteiger partial charge in [-0.05, 0) is 26.7 Å². The fraction of sp³-hybridized carbons (Fsp3) is 0.833. The van der Waals surface area contributed by atoms with Crippen molar-refractivity contribution < 1.29 is 22.8 Å². The number of alkyl halides is 3. The Hall–Kier alpha value is -1.47. The van der Waals surface area contributed by atoms with Crippen molar-refractivity contribution in [2.24, 2.45) is 0 Å². The lowest BCUT2D eigenvalue weighted by Gasteiger charge is -2.35. The van der Waals surface area contributed by atoms with E-state index in [1.807, 2.05) is 19.2 Å². The molecule has 20 heavy (non-hydrogen) atoms. The maximum absolute atomic E-state index is 12.1. The zero-order valence-electron chi connectivity index (χ0n) is 11.7. The molecule has 5 nitrogen and oxygen atoms in total. The van der Waals surface area contributed by atoms with Crippen molar-refractivity contribution in [3.63, 3.8) is 0 Å². The third kappa shape index (κ3) is 4.28. The van der Waals surface area contributed by atoms with Crippen LogP contribution in [0.5, 0.6) is 0 Å². The summed E-state index contributed by atoms with van der Waals surface area (Å²) in [6.45, 7) is 5.66. The van der Waals surface area contributed by atoms with E-state index in [4.69, 9.17) is 0 Å². The van der Waals surface area contributed by atoms with E-state index in [2.05, 4.69) is 0 Å². The first-order valence-corrected chi connectivity index (χ1v) is 6.71. The molecule has 1 heterocycles. The van der Waals surface area contributed by atoms with Gasteiger partial charge in [0.2, 0.25) is 0 Å². The zero-order chi connectivity index (χ0) is 15.3. The molecule has 0 bridgehead atoms. The van der Waals surface area contributed by atoms with Crippen LogP contribution in [0.25, 0.3) is 0 Å². The number of nitrogens with zero attached hydrogens (tertiary/aromatic N) is 2. The first kappa shape index (κ1) is 16.6. The minimum atomic E-state index is -4.85. The van der Waals surface area contributed by atoms with Gasteiger partial charge in [0.05, 0.1) is 0 Å². The fourth-order valence-electron chi connectivity index (χ4n) is 2.18. The number of likely N-dealkylation sites (tertiary alicyclic amines) is 1. The topological polar surface area (TPSA) is 52.7 Å². The summed E-state index contributed by atoms with van der Waals surface area (Å²) in [5, 5.41) is 1.96. The average Bonchev–Trinajstić information content (AvgIpc) is 2.39. The molecule has 0 aromatic rings. The van der Waals surface area contributed by atoms with Crippen molar-refractivity contribution in [3.05, 3.63) is 0 Å². The number of hydrogen-bond donors (Lipinski definition) is 1. The Morgan fingerprint density at radius 1 is 1.20 bits per heavy atom. The molecule has 1 fully saturated rings. The predicted octanol–water partition coefficient (Wildman–Crippen LogP) is 1.59. The van der Waals surface area contributed by atoms with Gasteiger partial charge in [-0.25, -0.2) is 4.79 Å². The Bertz CT molecular complexity index is 348. The first-order chi connectivity index (χ1) is 9.29. The van der Waals surface area contributed by atoms with Gasteiger partial charge in [0.1, 0.15) is 0 Å². The smallest absolute Gasteiger partial charge is 0.345 e. The largest absolute Gasteiger partial charge is 0.471 e. The molecule has 1 aliphatic rings. The Morgan fingerprint density at radius 3 is 2.10 bits per heavy atom. The van der Waals surface area contributed by atoms with Gasteiger partial charge in [0.25, 0.3) is 0 Å². The average molecular weight is 295 g/mol. The normalized spacial score (nSPS) is 16.9. The molecule has 0 aliphatic carbocycles. The van der Waals surface area contributed by atoms with Gasteiger partial charge < -0.3 is 15.1 Å². The second-order valence-electron chi connectivity index (χ2n) is 4.69. The van der Waals surface area contributed by atoms with Crippen LogP contribution in [0, 0.1) is 0 Å². The van der Waals surface area contributed by atoms with E-state index in [0.29, 0.717) is 39.0 Å². The lowest BCUT2D eigenvalue weighted by molar-refractivity contribution is -0.174. The van der Waals surface area contributed by atoms with Crippen LogP contribution in [0.4, 0.5) is 18.0 Å². The van der Waals surface area contributed by atoms with Crippen molar-refractivity contribution in [2.75, 3.05) is 26.2 Å². The third-order valence-electron chi connectivity index (χ3n) is 3.39. The number of carbonyl (C=O) groups excluding carboxylic acids is 2. The Balaban J connectivity index is 2.44. The molecular weight excluding hydrogens is 275 g/mol. The molecule has 0 aromatic carbocycles. The van der Waals surface area contributed by atoms with Gasteiger partial charge in [-0.3, -0.25) is 4.79 Å². The minimum absolute atomic E-state index is 0.101. The highest BCUT2D eigenvalue weighted by atomic mass is 19.4. The number of hydrogen-bond acceptors (Lipinski definition) is 2. The highest BCUT2D eigenvalue weighted by Gasteiger charge is 2.40. The number of halogens is 3. The summed E-state index contributed by atoms with van der Waals surface area (Å²) in [5.74, 6) is -1.91. The van der Waals surface area contributed by atoms with Crippen molar-refractivity contribution in [1.82, 2.24) is 15.1 Å². The fourth-order valence-corrected chi connectivity index (χ4v) is 2.18. The zero-order valence-corrected chi connectivity index (χ0v) is 11.7. The van der Waals surface area contributed by atoms with Crippen LogP contribution in [0.2, 0.25) is 0 Å². The second-order valence-corrected chi connectivity index (χ2v) is 4.69. The maximum atomic E-state index is 12.1. The lowest BCUT2D eigenvalue weighted by atomic mass is 10.1. The van der Waals surface area contributed by atoms with Crippen LogP contribution in [0.15, 0.2) is 0 Å². The van der Waals surface area contributed by atoms with Crippen LogP contribution in [-0.4, -0.2) is 60.1 Å².